The van der Waals surface area contributed by atoms with Gasteiger partial charge in [-0.05, 0) is 20.8 Å². The number of likely N-dealkylation sites (N-methyl/N-ethyl adjacent to an activating group) is 1. The number of hydrogen-bond acceptors (Lipinski definition) is 2. The van der Waals surface area contributed by atoms with Crippen LogP contribution in [0.3, 0.4) is 0 Å². The van der Waals surface area contributed by atoms with Crippen molar-refractivity contribution in [3.8, 4) is 0 Å². The Labute approximate surface area is 103 Å². The monoisotopic (exact) mass is 270 g/mol. The predicted octanol–water partition coefficient (Wildman–Crippen LogP) is 1.79. The normalized spacial score (nSPS) is 12.2. The summed E-state index contributed by atoms with van der Waals surface area (Å²) in [6.07, 6.45) is -4.52. The highest BCUT2D eigenvalue weighted by atomic mass is 19.4. The van der Waals surface area contributed by atoms with Gasteiger partial charge in [0.25, 0.3) is 0 Å². The maximum absolute atomic E-state index is 12.2. The molecular formula is C10H17F3N2O3. The van der Waals surface area contributed by atoms with Crippen molar-refractivity contribution in [2.24, 2.45) is 0 Å². The van der Waals surface area contributed by atoms with E-state index in [1.165, 1.54) is 20.8 Å². The molecule has 0 heterocycles. The second-order valence-electron chi connectivity index (χ2n) is 4.36. The van der Waals surface area contributed by atoms with E-state index in [1.807, 2.05) is 0 Å². The third kappa shape index (κ3) is 4.08. The second kappa shape index (κ2) is 5.45. The van der Waals surface area contributed by atoms with Crippen LogP contribution in [-0.4, -0.2) is 58.8 Å². The number of rotatable bonds is 4. The van der Waals surface area contributed by atoms with Gasteiger partial charge in [0.2, 0.25) is 0 Å². The number of hydrogen-bond donors (Lipinski definition) is 1. The zero-order valence-electron chi connectivity index (χ0n) is 10.7. The van der Waals surface area contributed by atoms with Crippen molar-refractivity contribution in [1.82, 2.24) is 9.80 Å². The average molecular weight is 270 g/mol. The van der Waals surface area contributed by atoms with Gasteiger partial charge in [-0.25, -0.2) is 9.59 Å². The highest BCUT2D eigenvalue weighted by Gasteiger charge is 2.40. The van der Waals surface area contributed by atoms with Gasteiger partial charge in [0.15, 0.2) is 0 Å². The number of halogens is 3. The summed E-state index contributed by atoms with van der Waals surface area (Å²) >= 11 is 0. The Morgan fingerprint density at radius 3 is 1.94 bits per heavy atom. The van der Waals surface area contributed by atoms with Crippen LogP contribution in [0.2, 0.25) is 0 Å². The number of carboxylic acid groups (broad SMARTS) is 1. The standard InChI is InChI=1S/C10H17F3N2O3/c1-5-15(9(2,3)7(16)17)8(18)14(4)6-10(11,12)13/h5-6H2,1-4H3,(H,16,17). The molecule has 5 nitrogen and oxygen atoms in total. The molecule has 0 rings (SSSR count). The van der Waals surface area contributed by atoms with Gasteiger partial charge in [0, 0.05) is 13.6 Å². The van der Waals surface area contributed by atoms with E-state index in [-0.39, 0.29) is 6.54 Å². The molecule has 0 bridgehead atoms. The second-order valence-corrected chi connectivity index (χ2v) is 4.36. The molecule has 0 fully saturated rings. The van der Waals surface area contributed by atoms with Gasteiger partial charge in [0.05, 0.1) is 0 Å². The Kier molecular flexibility index (Phi) is 5.00. The van der Waals surface area contributed by atoms with Crippen LogP contribution in [0, 0.1) is 0 Å². The number of alkyl halides is 3. The molecule has 0 spiro atoms. The minimum Gasteiger partial charge on any atom is -0.480 e. The van der Waals surface area contributed by atoms with E-state index in [0.717, 1.165) is 11.9 Å². The quantitative estimate of drug-likeness (QED) is 0.847. The fourth-order valence-corrected chi connectivity index (χ4v) is 1.43. The molecule has 0 radical (unpaired) electrons. The SMILES string of the molecule is CCN(C(=O)N(C)CC(F)(F)F)C(C)(C)C(=O)O. The third-order valence-corrected chi connectivity index (χ3v) is 2.49. The Bertz CT molecular complexity index is 329. The van der Waals surface area contributed by atoms with Gasteiger partial charge in [0.1, 0.15) is 12.1 Å². The van der Waals surface area contributed by atoms with Crippen LogP contribution in [0.4, 0.5) is 18.0 Å². The molecule has 106 valence electrons. The largest absolute Gasteiger partial charge is 0.480 e. The maximum Gasteiger partial charge on any atom is 0.406 e. The summed E-state index contributed by atoms with van der Waals surface area (Å²) in [5, 5.41) is 8.97. The molecule has 1 N–H and O–H groups in total. The van der Waals surface area contributed by atoms with Gasteiger partial charge in [-0.2, -0.15) is 13.2 Å². The lowest BCUT2D eigenvalue weighted by Crippen LogP contribution is -2.57. The van der Waals surface area contributed by atoms with Crippen LogP contribution >= 0.6 is 0 Å². The fourth-order valence-electron chi connectivity index (χ4n) is 1.43. The molecule has 18 heavy (non-hydrogen) atoms. The number of carboxylic acids is 1. The molecule has 0 aromatic carbocycles. The first kappa shape index (κ1) is 16.5. The molecule has 8 heteroatoms. The molecule has 0 aliphatic carbocycles. The lowest BCUT2D eigenvalue weighted by Gasteiger charge is -2.37. The van der Waals surface area contributed by atoms with Crippen LogP contribution in [0.15, 0.2) is 0 Å². The fraction of sp³-hybridized carbons (Fsp3) is 0.800. The summed E-state index contributed by atoms with van der Waals surface area (Å²) in [5.74, 6) is -1.28. The number of urea groups is 1. The van der Waals surface area contributed by atoms with Crippen LogP contribution in [-0.2, 0) is 4.79 Å². The highest BCUT2D eigenvalue weighted by Crippen LogP contribution is 2.20. The summed E-state index contributed by atoms with van der Waals surface area (Å²) in [5.41, 5.74) is -1.56. The van der Waals surface area contributed by atoms with E-state index < -0.39 is 30.3 Å². The van der Waals surface area contributed by atoms with Crippen molar-refractivity contribution in [2.75, 3.05) is 20.1 Å². The third-order valence-electron chi connectivity index (χ3n) is 2.49. The molecule has 0 aromatic heterocycles. The van der Waals surface area contributed by atoms with Crippen LogP contribution < -0.4 is 0 Å². The lowest BCUT2D eigenvalue weighted by molar-refractivity contribution is -0.149. The van der Waals surface area contributed by atoms with E-state index in [2.05, 4.69) is 0 Å². The molecule has 0 unspecified atom stereocenters. The molecule has 0 aromatic rings. The van der Waals surface area contributed by atoms with Crippen LogP contribution in [0.25, 0.3) is 0 Å². The molecule has 0 aliphatic rings. The number of carbonyl (C=O) groups excluding carboxylic acids is 1. The van der Waals surface area contributed by atoms with Crippen molar-refractivity contribution < 1.29 is 27.9 Å². The summed E-state index contributed by atoms with van der Waals surface area (Å²) < 4.78 is 36.5. The molecule has 0 saturated heterocycles. The first-order chi connectivity index (χ1) is 7.93. The zero-order valence-corrected chi connectivity index (χ0v) is 10.7. The lowest BCUT2D eigenvalue weighted by atomic mass is 10.0. The topological polar surface area (TPSA) is 60.9 Å². The van der Waals surface area contributed by atoms with Crippen molar-refractivity contribution in [1.29, 1.82) is 0 Å². The van der Waals surface area contributed by atoms with Crippen molar-refractivity contribution in [3.63, 3.8) is 0 Å². The summed E-state index contributed by atoms with van der Waals surface area (Å²) in [4.78, 5) is 24.1. The smallest absolute Gasteiger partial charge is 0.406 e. The average Bonchev–Trinajstić information content (AvgIpc) is 2.15. The number of aliphatic carboxylic acids is 1. The number of nitrogens with zero attached hydrogens (tertiary/aromatic N) is 2. The predicted molar refractivity (Wildman–Crippen MR) is 58.2 cm³/mol. The number of amides is 2. The van der Waals surface area contributed by atoms with Crippen molar-refractivity contribution in [2.45, 2.75) is 32.5 Å². The molecule has 2 amide bonds. The summed E-state index contributed by atoms with van der Waals surface area (Å²) in [6.45, 7) is 2.61. The Morgan fingerprint density at radius 1 is 1.22 bits per heavy atom. The minimum atomic E-state index is -4.52. The van der Waals surface area contributed by atoms with Gasteiger partial charge in [-0.3, -0.25) is 0 Å². The first-order valence-electron chi connectivity index (χ1n) is 5.26. The van der Waals surface area contributed by atoms with Crippen LogP contribution in [0.1, 0.15) is 20.8 Å². The molecule has 0 saturated carbocycles. The molecule has 0 atom stereocenters. The summed E-state index contributed by atoms with van der Waals surface area (Å²) in [7, 11) is 0.983. The Hall–Kier alpha value is -1.47. The van der Waals surface area contributed by atoms with Gasteiger partial charge in [-0.1, -0.05) is 0 Å². The van der Waals surface area contributed by atoms with Crippen molar-refractivity contribution in [3.05, 3.63) is 0 Å². The Morgan fingerprint density at radius 2 is 1.67 bits per heavy atom. The van der Waals surface area contributed by atoms with Crippen LogP contribution in [0.5, 0.6) is 0 Å². The van der Waals surface area contributed by atoms with Gasteiger partial charge in [-0.15, -0.1) is 0 Å². The van der Waals surface area contributed by atoms with E-state index >= 15 is 0 Å². The summed E-state index contributed by atoms with van der Waals surface area (Å²) in [6, 6.07) is -0.970. The molecule has 0 aliphatic heterocycles. The Balaban J connectivity index is 4.99. The van der Waals surface area contributed by atoms with E-state index in [4.69, 9.17) is 5.11 Å². The van der Waals surface area contributed by atoms with E-state index in [1.54, 1.807) is 0 Å². The van der Waals surface area contributed by atoms with Gasteiger partial charge >= 0.3 is 18.2 Å². The maximum atomic E-state index is 12.2. The number of carbonyl (C=O) groups is 2. The minimum absolute atomic E-state index is 0.000328. The molecular weight excluding hydrogens is 253 g/mol. The van der Waals surface area contributed by atoms with Crippen molar-refractivity contribution >= 4 is 12.0 Å². The first-order valence-corrected chi connectivity index (χ1v) is 5.26. The van der Waals surface area contributed by atoms with Gasteiger partial charge < -0.3 is 14.9 Å². The van der Waals surface area contributed by atoms with E-state index in [0.29, 0.717) is 4.90 Å². The highest BCUT2D eigenvalue weighted by molar-refractivity contribution is 5.85. The zero-order chi connectivity index (χ0) is 14.7. The van der Waals surface area contributed by atoms with E-state index in [9.17, 15) is 22.8 Å².